The molecule has 1 N–H and O–H groups in total. The lowest BCUT2D eigenvalue weighted by Gasteiger charge is -2.16. The fourth-order valence-electron chi connectivity index (χ4n) is 2.08. The van der Waals surface area contributed by atoms with Gasteiger partial charge in [-0.05, 0) is 31.2 Å². The summed E-state index contributed by atoms with van der Waals surface area (Å²) < 4.78 is 2.06. The second kappa shape index (κ2) is 6.03. The Kier molecular flexibility index (Phi) is 4.39. The second-order valence-electron chi connectivity index (χ2n) is 4.39. The third kappa shape index (κ3) is 3.12. The number of nitrogens with one attached hydrogen (secondary N) is 1. The van der Waals surface area contributed by atoms with Crippen LogP contribution < -0.4 is 5.32 Å². The van der Waals surface area contributed by atoms with Crippen LogP contribution in [0.2, 0.25) is 5.02 Å². The maximum Gasteiger partial charge on any atom is 0.108 e. The molecule has 0 saturated heterocycles. The molecule has 0 bridgehead atoms. The van der Waals surface area contributed by atoms with Crippen molar-refractivity contribution in [2.24, 2.45) is 7.05 Å². The number of halogens is 1. The SMILES string of the molecule is CNC(CCc1nccn1C)c1ccc(Cl)cc1. The van der Waals surface area contributed by atoms with Crippen LogP contribution in [0.3, 0.4) is 0 Å². The molecule has 0 aliphatic rings. The molecule has 0 fully saturated rings. The van der Waals surface area contributed by atoms with Crippen LogP contribution in [0.25, 0.3) is 0 Å². The van der Waals surface area contributed by atoms with Crippen molar-refractivity contribution in [2.45, 2.75) is 18.9 Å². The van der Waals surface area contributed by atoms with E-state index in [-0.39, 0.29) is 0 Å². The van der Waals surface area contributed by atoms with E-state index in [4.69, 9.17) is 11.6 Å². The Balaban J connectivity index is 2.01. The van der Waals surface area contributed by atoms with Gasteiger partial charge in [-0.2, -0.15) is 0 Å². The van der Waals surface area contributed by atoms with Crippen LogP contribution in [0.5, 0.6) is 0 Å². The minimum absolute atomic E-state index is 0.332. The van der Waals surface area contributed by atoms with Crippen molar-refractivity contribution in [1.82, 2.24) is 14.9 Å². The summed E-state index contributed by atoms with van der Waals surface area (Å²) in [4.78, 5) is 4.34. The average Bonchev–Trinajstić information content (AvgIpc) is 2.78. The van der Waals surface area contributed by atoms with Crippen molar-refractivity contribution in [2.75, 3.05) is 7.05 Å². The first-order valence-electron chi connectivity index (χ1n) is 6.09. The molecule has 0 aliphatic heterocycles. The normalized spacial score (nSPS) is 12.6. The highest BCUT2D eigenvalue weighted by molar-refractivity contribution is 6.30. The van der Waals surface area contributed by atoms with Crippen LogP contribution in [-0.4, -0.2) is 16.6 Å². The molecule has 0 amide bonds. The van der Waals surface area contributed by atoms with Crippen molar-refractivity contribution in [3.05, 3.63) is 53.1 Å². The zero-order valence-electron chi connectivity index (χ0n) is 10.7. The molecule has 0 aliphatic carbocycles. The monoisotopic (exact) mass is 263 g/mol. The first kappa shape index (κ1) is 13.1. The van der Waals surface area contributed by atoms with Crippen LogP contribution in [0.1, 0.15) is 23.9 Å². The highest BCUT2D eigenvalue weighted by Crippen LogP contribution is 2.20. The molecule has 96 valence electrons. The zero-order valence-corrected chi connectivity index (χ0v) is 11.5. The Bertz CT molecular complexity index is 490. The third-order valence-electron chi connectivity index (χ3n) is 3.20. The van der Waals surface area contributed by atoms with E-state index in [0.717, 1.165) is 23.7 Å². The second-order valence-corrected chi connectivity index (χ2v) is 4.82. The molecule has 2 rings (SSSR count). The number of benzene rings is 1. The van der Waals surface area contributed by atoms with E-state index in [2.05, 4.69) is 27.0 Å². The minimum Gasteiger partial charge on any atom is -0.338 e. The molecule has 1 aromatic heterocycles. The van der Waals surface area contributed by atoms with Crippen LogP contribution >= 0.6 is 11.6 Å². The Morgan fingerprint density at radius 2 is 2.06 bits per heavy atom. The Morgan fingerprint density at radius 1 is 1.33 bits per heavy atom. The predicted octanol–water partition coefficient (Wildman–Crippen LogP) is 2.97. The molecule has 0 spiro atoms. The van der Waals surface area contributed by atoms with Gasteiger partial charge in [-0.1, -0.05) is 23.7 Å². The fraction of sp³-hybridized carbons (Fsp3) is 0.357. The van der Waals surface area contributed by atoms with E-state index in [9.17, 15) is 0 Å². The van der Waals surface area contributed by atoms with Gasteiger partial charge < -0.3 is 9.88 Å². The summed E-state index contributed by atoms with van der Waals surface area (Å²) in [5.41, 5.74) is 1.26. The maximum atomic E-state index is 5.90. The van der Waals surface area contributed by atoms with Gasteiger partial charge in [0.1, 0.15) is 5.82 Å². The molecular formula is C14H18ClN3. The topological polar surface area (TPSA) is 29.9 Å². The van der Waals surface area contributed by atoms with Crippen LogP contribution in [0.15, 0.2) is 36.7 Å². The quantitative estimate of drug-likeness (QED) is 0.899. The van der Waals surface area contributed by atoms with Gasteiger partial charge in [0.05, 0.1) is 0 Å². The van der Waals surface area contributed by atoms with Gasteiger partial charge in [0.15, 0.2) is 0 Å². The number of nitrogens with zero attached hydrogens (tertiary/aromatic N) is 2. The molecule has 3 nitrogen and oxygen atoms in total. The van der Waals surface area contributed by atoms with E-state index < -0.39 is 0 Å². The zero-order chi connectivity index (χ0) is 13.0. The van der Waals surface area contributed by atoms with Crippen molar-refractivity contribution in [1.29, 1.82) is 0 Å². The maximum absolute atomic E-state index is 5.90. The standard InChI is InChI=1S/C14H18ClN3/c1-16-13(11-3-5-12(15)6-4-11)7-8-14-17-9-10-18(14)2/h3-6,9-10,13,16H,7-8H2,1-2H3. The molecule has 0 radical (unpaired) electrons. The van der Waals surface area contributed by atoms with Crippen LogP contribution in [-0.2, 0) is 13.5 Å². The summed E-state index contributed by atoms with van der Waals surface area (Å²) in [6, 6.07) is 8.34. The lowest BCUT2D eigenvalue weighted by atomic mass is 10.0. The van der Waals surface area contributed by atoms with Crippen LogP contribution in [0, 0.1) is 0 Å². The van der Waals surface area contributed by atoms with Gasteiger partial charge in [-0.3, -0.25) is 0 Å². The Morgan fingerprint density at radius 3 is 2.61 bits per heavy atom. The lowest BCUT2D eigenvalue weighted by Crippen LogP contribution is -2.17. The smallest absolute Gasteiger partial charge is 0.108 e. The van der Waals surface area contributed by atoms with Gasteiger partial charge in [-0.15, -0.1) is 0 Å². The molecule has 2 aromatic rings. The number of aromatic nitrogens is 2. The number of hydrogen-bond donors (Lipinski definition) is 1. The molecule has 18 heavy (non-hydrogen) atoms. The van der Waals surface area contributed by atoms with E-state index in [1.807, 2.05) is 38.6 Å². The molecule has 1 aromatic carbocycles. The number of rotatable bonds is 5. The van der Waals surface area contributed by atoms with Gasteiger partial charge in [-0.25, -0.2) is 4.98 Å². The third-order valence-corrected chi connectivity index (χ3v) is 3.45. The van der Waals surface area contributed by atoms with Gasteiger partial charge >= 0.3 is 0 Å². The summed E-state index contributed by atoms with van der Waals surface area (Å²) in [6.07, 6.45) is 5.79. The van der Waals surface area contributed by atoms with Gasteiger partial charge in [0, 0.05) is 36.9 Å². The Labute approximate surface area is 113 Å². The lowest BCUT2D eigenvalue weighted by molar-refractivity contribution is 0.536. The fourth-order valence-corrected chi connectivity index (χ4v) is 2.21. The van der Waals surface area contributed by atoms with Gasteiger partial charge in [0.2, 0.25) is 0 Å². The van der Waals surface area contributed by atoms with E-state index >= 15 is 0 Å². The summed E-state index contributed by atoms with van der Waals surface area (Å²) in [5, 5.41) is 4.12. The summed E-state index contributed by atoms with van der Waals surface area (Å²) in [6.45, 7) is 0. The number of imidazole rings is 1. The van der Waals surface area contributed by atoms with Crippen LogP contribution in [0.4, 0.5) is 0 Å². The Hall–Kier alpha value is -1.32. The molecule has 1 heterocycles. The number of aryl methyl sites for hydroxylation is 2. The number of hydrogen-bond acceptors (Lipinski definition) is 2. The summed E-state index contributed by atoms with van der Waals surface area (Å²) >= 11 is 5.90. The predicted molar refractivity (Wildman–Crippen MR) is 74.8 cm³/mol. The molecular weight excluding hydrogens is 246 g/mol. The molecule has 4 heteroatoms. The van der Waals surface area contributed by atoms with Crippen molar-refractivity contribution in [3.63, 3.8) is 0 Å². The van der Waals surface area contributed by atoms with E-state index in [1.165, 1.54) is 5.56 Å². The molecule has 1 atom stereocenters. The molecule has 0 saturated carbocycles. The highest BCUT2D eigenvalue weighted by atomic mass is 35.5. The first-order chi connectivity index (χ1) is 8.70. The van der Waals surface area contributed by atoms with Crippen molar-refractivity contribution >= 4 is 11.6 Å². The van der Waals surface area contributed by atoms with Gasteiger partial charge in [0.25, 0.3) is 0 Å². The highest BCUT2D eigenvalue weighted by Gasteiger charge is 2.10. The summed E-state index contributed by atoms with van der Waals surface area (Å²) in [5.74, 6) is 1.12. The first-order valence-corrected chi connectivity index (χ1v) is 6.47. The van der Waals surface area contributed by atoms with Crippen molar-refractivity contribution in [3.8, 4) is 0 Å². The largest absolute Gasteiger partial charge is 0.338 e. The van der Waals surface area contributed by atoms with Crippen molar-refractivity contribution < 1.29 is 0 Å². The average molecular weight is 264 g/mol. The van der Waals surface area contributed by atoms with E-state index in [0.29, 0.717) is 6.04 Å². The minimum atomic E-state index is 0.332. The molecule has 1 unspecified atom stereocenters. The van der Waals surface area contributed by atoms with E-state index in [1.54, 1.807) is 0 Å². The summed E-state index contributed by atoms with van der Waals surface area (Å²) in [7, 11) is 4.01.